The van der Waals surface area contributed by atoms with Crippen molar-refractivity contribution in [2.45, 2.75) is 34.3 Å². The number of aromatic nitrogens is 1. The maximum Gasteiger partial charge on any atom is 0.340 e. The summed E-state index contributed by atoms with van der Waals surface area (Å²) in [5, 5.41) is 10.6. The quantitative estimate of drug-likeness (QED) is 0.550. The highest BCUT2D eigenvalue weighted by Gasteiger charge is 2.40. The maximum absolute atomic E-state index is 12.8. The highest BCUT2D eigenvalue weighted by atomic mass is 16.5. The van der Waals surface area contributed by atoms with Crippen LogP contribution in [0.3, 0.4) is 0 Å². The van der Waals surface area contributed by atoms with Gasteiger partial charge in [-0.25, -0.2) is 9.59 Å². The van der Waals surface area contributed by atoms with E-state index in [9.17, 15) is 19.5 Å². The fourth-order valence-electron chi connectivity index (χ4n) is 3.25. The summed E-state index contributed by atoms with van der Waals surface area (Å²) in [6.45, 7) is 10.3. The number of aromatic amines is 1. The number of rotatable bonds is 6. The summed E-state index contributed by atoms with van der Waals surface area (Å²) in [5.74, 6) is -1.63. The van der Waals surface area contributed by atoms with Crippen molar-refractivity contribution in [3.63, 3.8) is 0 Å². The van der Waals surface area contributed by atoms with Crippen molar-refractivity contribution in [3.8, 4) is 0 Å². The molecule has 156 valence electrons. The van der Waals surface area contributed by atoms with Gasteiger partial charge in [-0.3, -0.25) is 9.79 Å². The minimum atomic E-state index is -0.519. The maximum atomic E-state index is 12.8. The lowest BCUT2D eigenvalue weighted by atomic mass is 9.83. The van der Waals surface area contributed by atoms with E-state index in [4.69, 9.17) is 9.47 Å². The van der Waals surface area contributed by atoms with Crippen LogP contribution < -0.4 is 0 Å². The first-order valence-electron chi connectivity index (χ1n) is 9.34. The van der Waals surface area contributed by atoms with E-state index in [0.29, 0.717) is 28.2 Å². The SMILES string of the molecule is C=C(C)C(=O)OCc1ccc(C2=C(O)/C(=C3/N=C(C)C(C(=O)OCC)=C3C)C2=O)[nH]1. The number of ether oxygens (including phenoxy) is 2. The van der Waals surface area contributed by atoms with E-state index in [1.807, 2.05) is 0 Å². The lowest BCUT2D eigenvalue weighted by molar-refractivity contribution is -0.140. The fourth-order valence-corrected chi connectivity index (χ4v) is 3.25. The monoisotopic (exact) mass is 410 g/mol. The van der Waals surface area contributed by atoms with Crippen molar-refractivity contribution in [1.82, 2.24) is 4.98 Å². The molecule has 0 bridgehead atoms. The summed E-state index contributed by atoms with van der Waals surface area (Å²) in [5.41, 5.74) is 2.90. The third-order valence-corrected chi connectivity index (χ3v) is 4.74. The summed E-state index contributed by atoms with van der Waals surface area (Å²) in [6, 6.07) is 3.27. The van der Waals surface area contributed by atoms with Gasteiger partial charge in [0.15, 0.2) is 0 Å². The van der Waals surface area contributed by atoms with Crippen molar-refractivity contribution in [2.24, 2.45) is 4.99 Å². The van der Waals surface area contributed by atoms with Gasteiger partial charge in [0.1, 0.15) is 12.4 Å². The lowest BCUT2D eigenvalue weighted by Crippen LogP contribution is -2.23. The molecule has 1 aromatic heterocycles. The number of aliphatic hydroxyl groups excluding tert-OH is 1. The number of hydrogen-bond acceptors (Lipinski definition) is 7. The van der Waals surface area contributed by atoms with Gasteiger partial charge in [0.25, 0.3) is 0 Å². The number of H-pyrrole nitrogens is 1. The Morgan fingerprint density at radius 1 is 1.20 bits per heavy atom. The van der Waals surface area contributed by atoms with Gasteiger partial charge in [0.05, 0.1) is 46.1 Å². The fraction of sp³-hybridized carbons (Fsp3) is 0.273. The van der Waals surface area contributed by atoms with Crippen molar-refractivity contribution in [2.75, 3.05) is 6.61 Å². The Morgan fingerprint density at radius 2 is 1.90 bits per heavy atom. The second-order valence-electron chi connectivity index (χ2n) is 6.95. The number of carbonyl (C=O) groups is 3. The minimum absolute atomic E-state index is 0.0178. The highest BCUT2D eigenvalue weighted by Crippen LogP contribution is 2.41. The predicted molar refractivity (Wildman–Crippen MR) is 109 cm³/mol. The second kappa shape index (κ2) is 7.98. The molecule has 0 saturated heterocycles. The molecule has 0 radical (unpaired) electrons. The van der Waals surface area contributed by atoms with Gasteiger partial charge >= 0.3 is 11.9 Å². The number of Topliss-reactive ketones (excluding diaryl/α,β-unsaturated/α-hetero) is 1. The number of carbonyl (C=O) groups excluding carboxylic acids is 3. The summed E-state index contributed by atoms with van der Waals surface area (Å²) in [4.78, 5) is 43.7. The number of hydrogen-bond donors (Lipinski definition) is 2. The minimum Gasteiger partial charge on any atom is -0.506 e. The van der Waals surface area contributed by atoms with E-state index in [1.54, 1.807) is 39.8 Å². The van der Waals surface area contributed by atoms with Gasteiger partial charge in [0.2, 0.25) is 5.78 Å². The van der Waals surface area contributed by atoms with E-state index in [1.165, 1.54) is 0 Å². The van der Waals surface area contributed by atoms with E-state index >= 15 is 0 Å². The normalized spacial score (nSPS) is 18.4. The molecule has 1 aliphatic heterocycles. The topological polar surface area (TPSA) is 118 Å². The van der Waals surface area contributed by atoms with Crippen LogP contribution in [0.2, 0.25) is 0 Å². The zero-order chi connectivity index (χ0) is 22.2. The van der Waals surface area contributed by atoms with Crippen LogP contribution in [0.4, 0.5) is 0 Å². The van der Waals surface area contributed by atoms with Crippen LogP contribution >= 0.6 is 0 Å². The van der Waals surface area contributed by atoms with Crippen molar-refractivity contribution in [3.05, 3.63) is 63.8 Å². The molecule has 0 spiro atoms. The Balaban J connectivity index is 1.89. The molecule has 0 saturated carbocycles. The first-order valence-corrected chi connectivity index (χ1v) is 9.34. The van der Waals surface area contributed by atoms with E-state index in [0.717, 1.165) is 0 Å². The molecule has 0 atom stereocenters. The number of aliphatic hydroxyl groups is 1. The molecular weight excluding hydrogens is 388 g/mol. The standard InChI is InChI=1S/C22H22N2O6/c1-6-29-22(28)15-11(4)18(23-12(15)5)17-19(25)16(20(17)26)14-8-7-13(24-14)9-30-21(27)10(2)3/h7-8,24-25H,2,6,9H2,1,3-5H3/b18-17-. The second-order valence-corrected chi connectivity index (χ2v) is 6.95. The van der Waals surface area contributed by atoms with Gasteiger partial charge in [-0.2, -0.15) is 0 Å². The number of aliphatic imine (C=N–C) groups is 1. The van der Waals surface area contributed by atoms with Crippen LogP contribution in [0.15, 0.2) is 57.5 Å². The van der Waals surface area contributed by atoms with Crippen molar-refractivity contribution in [1.29, 1.82) is 0 Å². The average molecular weight is 410 g/mol. The largest absolute Gasteiger partial charge is 0.506 e. The van der Waals surface area contributed by atoms with Crippen LogP contribution in [-0.4, -0.2) is 40.1 Å². The van der Waals surface area contributed by atoms with E-state index < -0.39 is 17.7 Å². The van der Waals surface area contributed by atoms with Gasteiger partial charge < -0.3 is 19.6 Å². The number of esters is 2. The molecule has 30 heavy (non-hydrogen) atoms. The smallest absolute Gasteiger partial charge is 0.340 e. The highest BCUT2D eigenvalue weighted by molar-refractivity contribution is 6.39. The number of ketones is 1. The van der Waals surface area contributed by atoms with Crippen LogP contribution in [0, 0.1) is 0 Å². The molecule has 8 nitrogen and oxygen atoms in total. The Bertz CT molecular complexity index is 1110. The van der Waals surface area contributed by atoms with Gasteiger partial charge in [-0.15, -0.1) is 0 Å². The van der Waals surface area contributed by atoms with Gasteiger partial charge in [-0.05, 0) is 45.4 Å². The Kier molecular flexibility index (Phi) is 5.60. The molecule has 1 aliphatic carbocycles. The Hall–Kier alpha value is -3.68. The number of nitrogens with one attached hydrogen (secondary N) is 1. The van der Waals surface area contributed by atoms with Crippen LogP contribution in [0.25, 0.3) is 5.57 Å². The first-order chi connectivity index (χ1) is 14.2. The average Bonchev–Trinajstić information content (AvgIpc) is 3.24. The molecule has 1 aromatic rings. The third-order valence-electron chi connectivity index (χ3n) is 4.74. The first kappa shape index (κ1) is 21.0. The zero-order valence-corrected chi connectivity index (χ0v) is 17.2. The van der Waals surface area contributed by atoms with Crippen molar-refractivity contribution < 1.29 is 29.0 Å². The molecule has 8 heteroatoms. The summed E-state index contributed by atoms with van der Waals surface area (Å²) >= 11 is 0. The number of allylic oxidation sites excluding steroid dienone is 3. The van der Waals surface area contributed by atoms with E-state index in [2.05, 4.69) is 16.6 Å². The molecular formula is C22H22N2O6. The molecule has 3 rings (SSSR count). The van der Waals surface area contributed by atoms with Gasteiger partial charge in [-0.1, -0.05) is 6.58 Å². The summed E-state index contributed by atoms with van der Waals surface area (Å²) < 4.78 is 10.1. The zero-order valence-electron chi connectivity index (χ0n) is 17.2. The molecule has 2 aliphatic rings. The Labute approximate surface area is 173 Å². The summed E-state index contributed by atoms with van der Waals surface area (Å²) in [6.07, 6.45) is 0. The molecule has 0 aromatic carbocycles. The molecule has 0 amide bonds. The number of nitrogens with zero attached hydrogens (tertiary/aromatic N) is 1. The predicted octanol–water partition coefficient (Wildman–Crippen LogP) is 3.09. The molecule has 2 N–H and O–H groups in total. The molecule has 0 fully saturated rings. The lowest BCUT2D eigenvalue weighted by Gasteiger charge is -2.22. The van der Waals surface area contributed by atoms with Crippen LogP contribution in [0.5, 0.6) is 0 Å². The third kappa shape index (κ3) is 3.52. The van der Waals surface area contributed by atoms with E-state index in [-0.39, 0.29) is 41.4 Å². The van der Waals surface area contributed by atoms with Crippen LogP contribution in [-0.2, 0) is 30.5 Å². The van der Waals surface area contributed by atoms with Crippen molar-refractivity contribution >= 4 is 29.0 Å². The molecule has 2 heterocycles. The van der Waals surface area contributed by atoms with Gasteiger partial charge in [0, 0.05) is 5.57 Å². The van der Waals surface area contributed by atoms with Crippen LogP contribution in [0.1, 0.15) is 39.1 Å². The summed E-state index contributed by atoms with van der Waals surface area (Å²) in [7, 11) is 0. The molecule has 0 unspecified atom stereocenters. The Morgan fingerprint density at radius 3 is 2.50 bits per heavy atom.